The lowest BCUT2D eigenvalue weighted by molar-refractivity contribution is -0.155. The number of nitrogens with one attached hydrogen (secondary N) is 2. The van der Waals surface area contributed by atoms with Gasteiger partial charge in [0, 0.05) is 44.6 Å². The van der Waals surface area contributed by atoms with Crippen molar-refractivity contribution in [2.75, 3.05) is 13.2 Å². The van der Waals surface area contributed by atoms with Crippen LogP contribution in [0.15, 0.2) is 60.7 Å². The van der Waals surface area contributed by atoms with Crippen molar-refractivity contribution >= 4 is 47.1 Å². The van der Waals surface area contributed by atoms with Crippen molar-refractivity contribution in [3.05, 3.63) is 71.8 Å². The second-order valence-electron chi connectivity index (χ2n) is 16.6. The first-order chi connectivity index (χ1) is 28.4. The molecule has 3 rings (SSSR count). The quantitative estimate of drug-likeness (QED) is 0.0937. The molecule has 60 heavy (non-hydrogen) atoms. The van der Waals surface area contributed by atoms with E-state index >= 15 is 0 Å². The van der Waals surface area contributed by atoms with E-state index in [4.69, 9.17) is 19.9 Å². The molecule has 0 aromatic heterocycles. The zero-order valence-electron chi connectivity index (χ0n) is 35.7. The summed E-state index contributed by atoms with van der Waals surface area (Å²) in [7, 11) is 0. The highest BCUT2D eigenvalue weighted by atomic mass is 16.6. The van der Waals surface area contributed by atoms with Gasteiger partial charge in [0.05, 0.1) is 25.4 Å². The van der Waals surface area contributed by atoms with Gasteiger partial charge in [-0.15, -0.1) is 0 Å². The molecule has 0 saturated carbocycles. The van der Waals surface area contributed by atoms with Gasteiger partial charge in [-0.05, 0) is 57.1 Å². The molecular formula is C45H62N4O11. The van der Waals surface area contributed by atoms with Crippen LogP contribution in [0.1, 0.15) is 116 Å². The first-order valence-corrected chi connectivity index (χ1v) is 20.7. The van der Waals surface area contributed by atoms with E-state index < -0.39 is 89.3 Å². The topological polar surface area (TPSA) is 218 Å². The number of amides is 4. The van der Waals surface area contributed by atoms with E-state index in [0.29, 0.717) is 12.0 Å². The number of esters is 1. The maximum absolute atomic E-state index is 14.4. The lowest BCUT2D eigenvalue weighted by Gasteiger charge is -2.29. The molecule has 1 aliphatic rings. The fraction of sp³-hybridized carbons (Fsp3) is 0.556. The summed E-state index contributed by atoms with van der Waals surface area (Å²) in [6.07, 6.45) is -1.65. The summed E-state index contributed by atoms with van der Waals surface area (Å²) < 4.78 is 16.9. The Balaban J connectivity index is 1.79. The van der Waals surface area contributed by atoms with Crippen molar-refractivity contribution in [1.29, 1.82) is 0 Å². The Bertz CT molecular complexity index is 1780. The van der Waals surface area contributed by atoms with Crippen molar-refractivity contribution in [2.24, 2.45) is 17.6 Å². The Kier molecular flexibility index (Phi) is 19.5. The number of nitrogens with two attached hydrogens (primary N) is 1. The third-order valence-corrected chi connectivity index (χ3v) is 9.71. The zero-order chi connectivity index (χ0) is 44.4. The molecule has 1 heterocycles. The Hall–Kier alpha value is -5.44. The first kappa shape index (κ1) is 48.9. The van der Waals surface area contributed by atoms with Crippen molar-refractivity contribution < 1.29 is 52.6 Å². The van der Waals surface area contributed by atoms with Gasteiger partial charge in [-0.3, -0.25) is 33.6 Å². The third-order valence-electron chi connectivity index (χ3n) is 9.71. The minimum absolute atomic E-state index is 0.00305. The van der Waals surface area contributed by atoms with Crippen LogP contribution in [0.3, 0.4) is 0 Å². The third kappa shape index (κ3) is 16.7. The summed E-state index contributed by atoms with van der Waals surface area (Å²) in [6, 6.07) is 14.4. The van der Waals surface area contributed by atoms with Crippen LogP contribution in [0.25, 0.3) is 0 Å². The summed E-state index contributed by atoms with van der Waals surface area (Å²) in [6.45, 7) is 11.1. The molecule has 2 aromatic rings. The van der Waals surface area contributed by atoms with Crippen molar-refractivity contribution in [1.82, 2.24) is 15.5 Å². The van der Waals surface area contributed by atoms with Crippen LogP contribution in [0.2, 0.25) is 0 Å². The number of benzene rings is 2. The van der Waals surface area contributed by atoms with Gasteiger partial charge >= 0.3 is 12.1 Å². The van der Waals surface area contributed by atoms with Gasteiger partial charge in [0.25, 0.3) is 0 Å². The largest absolute Gasteiger partial charge is 0.460 e. The molecule has 1 saturated heterocycles. The minimum atomic E-state index is -1.17. The molecule has 15 heteroatoms. The van der Waals surface area contributed by atoms with E-state index in [-0.39, 0.29) is 70.6 Å². The number of carbonyl (C=O) groups is 8. The average molecular weight is 835 g/mol. The van der Waals surface area contributed by atoms with E-state index in [0.717, 1.165) is 5.56 Å². The standard InChI is InChI=1S/C45H62N4O11/c1-7-15-32(41(54)36(50)22-23-38(52)48-40(42(46)55)31-18-12-9-13-19-31)24-37(51)35-25-33(58-28-30-16-10-8-11-17-30)26-49(35)43(56)34(47-44(57)59-27-29(2)3)20-14-21-39(53)60-45(4,5)6/h8-13,16-19,29,32-35,40H,7,14-15,20-28H2,1-6H3,(H2,46,55)(H,47,57)(H,48,52)/t32?,33-,34+,35+,40+/m1/s1. The van der Waals surface area contributed by atoms with Gasteiger partial charge in [-0.1, -0.05) is 87.9 Å². The molecular weight excluding hydrogens is 773 g/mol. The summed E-state index contributed by atoms with van der Waals surface area (Å²) >= 11 is 0. The van der Waals surface area contributed by atoms with Gasteiger partial charge in [0.15, 0.2) is 11.6 Å². The predicted octanol–water partition coefficient (Wildman–Crippen LogP) is 5.07. The average Bonchev–Trinajstić information content (AvgIpc) is 3.63. The van der Waals surface area contributed by atoms with Crippen LogP contribution in [0.4, 0.5) is 4.79 Å². The highest BCUT2D eigenvalue weighted by molar-refractivity contribution is 6.38. The second kappa shape index (κ2) is 24.0. The molecule has 1 unspecified atom stereocenters. The molecule has 328 valence electrons. The van der Waals surface area contributed by atoms with Crippen LogP contribution in [-0.2, 0) is 54.4 Å². The number of rotatable bonds is 24. The molecule has 15 nitrogen and oxygen atoms in total. The molecule has 1 aliphatic heterocycles. The highest BCUT2D eigenvalue weighted by Gasteiger charge is 2.43. The van der Waals surface area contributed by atoms with Crippen molar-refractivity contribution in [3.63, 3.8) is 0 Å². The Labute approximate surface area is 352 Å². The minimum Gasteiger partial charge on any atom is -0.460 e. The summed E-state index contributed by atoms with van der Waals surface area (Å²) in [4.78, 5) is 107. The maximum atomic E-state index is 14.4. The lowest BCUT2D eigenvalue weighted by atomic mass is 9.87. The summed E-state index contributed by atoms with van der Waals surface area (Å²) in [5.41, 5.74) is 6.13. The van der Waals surface area contributed by atoms with E-state index in [1.807, 2.05) is 44.2 Å². The Morgan fingerprint density at radius 3 is 2.12 bits per heavy atom. The molecule has 0 radical (unpaired) electrons. The number of Topliss-reactive ketones (excluding diaryl/α,β-unsaturated/α-hetero) is 3. The van der Waals surface area contributed by atoms with Crippen LogP contribution in [0.5, 0.6) is 0 Å². The van der Waals surface area contributed by atoms with Gasteiger partial charge < -0.3 is 35.5 Å². The normalized spacial score (nSPS) is 16.6. The number of hydrogen-bond donors (Lipinski definition) is 3. The maximum Gasteiger partial charge on any atom is 0.407 e. The number of alkyl carbamates (subject to hydrolysis) is 1. The number of carbonyl (C=O) groups excluding carboxylic acids is 8. The van der Waals surface area contributed by atoms with Crippen LogP contribution in [0, 0.1) is 11.8 Å². The van der Waals surface area contributed by atoms with Crippen LogP contribution < -0.4 is 16.4 Å². The summed E-state index contributed by atoms with van der Waals surface area (Å²) in [5, 5.41) is 5.15. The molecule has 5 atom stereocenters. The van der Waals surface area contributed by atoms with E-state index in [9.17, 15) is 38.4 Å². The fourth-order valence-corrected chi connectivity index (χ4v) is 6.81. The fourth-order valence-electron chi connectivity index (χ4n) is 6.81. The number of hydrogen-bond acceptors (Lipinski definition) is 11. The van der Waals surface area contributed by atoms with Crippen LogP contribution >= 0.6 is 0 Å². The SMILES string of the molecule is CCCC(CC(=O)[C@@H]1C[C@@H](OCc2ccccc2)CN1C(=O)[C@H](CCCC(=O)OC(C)(C)C)NC(=O)OCC(C)C)C(=O)C(=O)CCC(=O)N[C@H](C(N)=O)c1ccccc1. The molecule has 1 fully saturated rings. The molecule has 4 N–H and O–H groups in total. The Morgan fingerprint density at radius 1 is 0.867 bits per heavy atom. The smallest absolute Gasteiger partial charge is 0.407 e. The Morgan fingerprint density at radius 2 is 1.52 bits per heavy atom. The number of likely N-dealkylation sites (tertiary alicyclic amines) is 1. The number of ketones is 3. The monoisotopic (exact) mass is 834 g/mol. The number of ether oxygens (including phenoxy) is 3. The first-order valence-electron chi connectivity index (χ1n) is 20.7. The number of nitrogens with zero attached hydrogens (tertiary/aromatic N) is 1. The van der Waals surface area contributed by atoms with Gasteiger partial charge in [0.1, 0.15) is 17.7 Å². The predicted molar refractivity (Wildman–Crippen MR) is 222 cm³/mol. The van der Waals surface area contributed by atoms with Crippen molar-refractivity contribution in [2.45, 2.75) is 136 Å². The van der Waals surface area contributed by atoms with E-state index in [1.54, 1.807) is 58.0 Å². The van der Waals surface area contributed by atoms with Gasteiger partial charge in [0.2, 0.25) is 23.5 Å². The number of primary amides is 1. The highest BCUT2D eigenvalue weighted by Crippen LogP contribution is 2.28. The molecule has 0 spiro atoms. The lowest BCUT2D eigenvalue weighted by Crippen LogP contribution is -2.52. The zero-order valence-corrected chi connectivity index (χ0v) is 35.7. The van der Waals surface area contributed by atoms with E-state index in [2.05, 4.69) is 10.6 Å². The van der Waals surface area contributed by atoms with Gasteiger partial charge in [-0.25, -0.2) is 4.79 Å². The molecule has 0 aliphatic carbocycles. The molecule has 0 bridgehead atoms. The van der Waals surface area contributed by atoms with Crippen LogP contribution in [-0.4, -0.2) is 89.0 Å². The van der Waals surface area contributed by atoms with E-state index in [1.165, 1.54) is 4.90 Å². The van der Waals surface area contributed by atoms with Crippen molar-refractivity contribution in [3.8, 4) is 0 Å². The molecule has 4 amide bonds. The van der Waals surface area contributed by atoms with Gasteiger partial charge in [-0.2, -0.15) is 0 Å². The molecule has 2 aromatic carbocycles. The summed E-state index contributed by atoms with van der Waals surface area (Å²) in [5.74, 6) is -5.62. The second-order valence-corrected chi connectivity index (χ2v) is 16.6.